The molecule has 2 heterocycles. The number of aromatic carboxylic acids is 1. The highest BCUT2D eigenvalue weighted by atomic mass is 16.4. The fraction of sp³-hybridized carbons (Fsp3) is 0.200. The van der Waals surface area contributed by atoms with Gasteiger partial charge in [0.05, 0.1) is 12.1 Å². The summed E-state index contributed by atoms with van der Waals surface area (Å²) in [7, 11) is 1.75. The smallest absolute Gasteiger partial charge is 0.338 e. The van der Waals surface area contributed by atoms with E-state index in [2.05, 4.69) is 15.5 Å². The molecular weight excluding hydrogens is 240 g/mol. The van der Waals surface area contributed by atoms with Crippen LogP contribution in [0.1, 0.15) is 26.7 Å². The van der Waals surface area contributed by atoms with E-state index in [1.54, 1.807) is 11.6 Å². The first-order valence-corrected chi connectivity index (χ1v) is 5.01. The van der Waals surface area contributed by atoms with Gasteiger partial charge >= 0.3 is 5.97 Å². The van der Waals surface area contributed by atoms with Gasteiger partial charge in [-0.15, -0.1) is 10.2 Å². The second-order valence-electron chi connectivity index (χ2n) is 3.55. The summed E-state index contributed by atoms with van der Waals surface area (Å²) < 4.78 is 6.51. The van der Waals surface area contributed by atoms with E-state index < -0.39 is 11.9 Å². The lowest BCUT2D eigenvalue weighted by molar-refractivity contribution is 0.0696. The number of aryl methyl sites for hydroxylation is 1. The maximum absolute atomic E-state index is 11.6. The summed E-state index contributed by atoms with van der Waals surface area (Å²) in [6, 6.07) is 1.16. The summed E-state index contributed by atoms with van der Waals surface area (Å²) in [5.41, 5.74) is -0.0705. The van der Waals surface area contributed by atoms with Crippen molar-refractivity contribution >= 4 is 11.9 Å². The lowest BCUT2D eigenvalue weighted by Gasteiger charge is -2.01. The maximum atomic E-state index is 11.6. The van der Waals surface area contributed by atoms with Crippen molar-refractivity contribution in [3.8, 4) is 0 Å². The minimum absolute atomic E-state index is 0.0606. The Morgan fingerprint density at radius 3 is 2.89 bits per heavy atom. The molecule has 0 saturated heterocycles. The quantitative estimate of drug-likeness (QED) is 0.792. The summed E-state index contributed by atoms with van der Waals surface area (Å²) in [6.07, 6.45) is 2.52. The summed E-state index contributed by atoms with van der Waals surface area (Å²) in [5.74, 6) is -1.14. The third kappa shape index (κ3) is 2.37. The molecule has 0 radical (unpaired) electrons. The van der Waals surface area contributed by atoms with E-state index >= 15 is 0 Å². The highest BCUT2D eigenvalue weighted by molar-refractivity contribution is 5.95. The van der Waals surface area contributed by atoms with Crippen LogP contribution in [-0.2, 0) is 13.6 Å². The van der Waals surface area contributed by atoms with Crippen LogP contribution in [0.4, 0.5) is 0 Å². The van der Waals surface area contributed by atoms with Crippen LogP contribution in [-0.4, -0.2) is 31.7 Å². The molecule has 0 spiro atoms. The number of nitrogens with zero attached hydrogens (tertiary/aromatic N) is 3. The van der Waals surface area contributed by atoms with Gasteiger partial charge in [0.2, 0.25) is 0 Å². The van der Waals surface area contributed by atoms with Crippen molar-refractivity contribution in [1.29, 1.82) is 0 Å². The predicted octanol–water partition coefficient (Wildman–Crippen LogP) is 0.0363. The van der Waals surface area contributed by atoms with Gasteiger partial charge in [0, 0.05) is 13.1 Å². The second-order valence-corrected chi connectivity index (χ2v) is 3.55. The Balaban J connectivity index is 1.99. The van der Waals surface area contributed by atoms with E-state index in [0.29, 0.717) is 5.82 Å². The first-order valence-electron chi connectivity index (χ1n) is 5.01. The van der Waals surface area contributed by atoms with Gasteiger partial charge in [-0.2, -0.15) is 0 Å². The Kier molecular flexibility index (Phi) is 3.09. The zero-order valence-corrected chi connectivity index (χ0v) is 9.45. The minimum atomic E-state index is -1.15. The molecule has 0 unspecified atom stereocenters. The lowest BCUT2D eigenvalue weighted by atomic mass is 10.3. The van der Waals surface area contributed by atoms with Gasteiger partial charge < -0.3 is 19.4 Å². The molecule has 0 aliphatic heterocycles. The molecule has 8 heteroatoms. The first-order chi connectivity index (χ1) is 8.58. The molecule has 94 valence electrons. The highest BCUT2D eigenvalue weighted by Gasteiger charge is 2.14. The highest BCUT2D eigenvalue weighted by Crippen LogP contribution is 2.07. The van der Waals surface area contributed by atoms with Crippen molar-refractivity contribution in [3.63, 3.8) is 0 Å². The molecule has 0 atom stereocenters. The normalized spacial score (nSPS) is 10.3. The number of carboxylic acid groups (broad SMARTS) is 1. The molecule has 2 N–H and O–H groups in total. The standard InChI is InChI=1S/C10H10N4O4/c1-14-5-12-13-8(14)3-11-9(15)7-2-6(4-18-7)10(16)17/h2,4-5H,3H2,1H3,(H,11,15)(H,16,17). The Bertz CT molecular complexity index is 586. The SMILES string of the molecule is Cn1cnnc1CNC(=O)c1cc(C(=O)O)co1. The van der Waals surface area contributed by atoms with E-state index in [0.717, 1.165) is 12.3 Å². The predicted molar refractivity (Wildman–Crippen MR) is 57.8 cm³/mol. The third-order valence-corrected chi connectivity index (χ3v) is 2.28. The topological polar surface area (TPSA) is 110 Å². The van der Waals surface area contributed by atoms with Gasteiger partial charge in [0.25, 0.3) is 5.91 Å². The van der Waals surface area contributed by atoms with Crippen molar-refractivity contribution in [2.45, 2.75) is 6.54 Å². The van der Waals surface area contributed by atoms with Crippen LogP contribution in [0.2, 0.25) is 0 Å². The molecule has 0 bridgehead atoms. The third-order valence-electron chi connectivity index (χ3n) is 2.28. The van der Waals surface area contributed by atoms with Gasteiger partial charge in [-0.25, -0.2) is 4.79 Å². The maximum Gasteiger partial charge on any atom is 0.338 e. The van der Waals surface area contributed by atoms with Crippen molar-refractivity contribution in [2.75, 3.05) is 0 Å². The molecule has 8 nitrogen and oxygen atoms in total. The molecule has 2 aromatic rings. The van der Waals surface area contributed by atoms with E-state index in [9.17, 15) is 9.59 Å². The van der Waals surface area contributed by atoms with Gasteiger partial charge in [-0.3, -0.25) is 4.79 Å². The number of hydrogen-bond donors (Lipinski definition) is 2. The number of hydrogen-bond acceptors (Lipinski definition) is 5. The first kappa shape index (κ1) is 11.8. The minimum Gasteiger partial charge on any atom is -0.478 e. The summed E-state index contributed by atoms with van der Waals surface area (Å²) in [6.45, 7) is 0.179. The fourth-order valence-corrected chi connectivity index (χ4v) is 1.28. The van der Waals surface area contributed by atoms with E-state index in [4.69, 9.17) is 9.52 Å². The van der Waals surface area contributed by atoms with Crippen LogP contribution in [0.15, 0.2) is 23.1 Å². The van der Waals surface area contributed by atoms with Crippen molar-refractivity contribution < 1.29 is 19.1 Å². The average molecular weight is 250 g/mol. The molecule has 18 heavy (non-hydrogen) atoms. The number of aromatic nitrogens is 3. The Morgan fingerprint density at radius 2 is 2.33 bits per heavy atom. The Morgan fingerprint density at radius 1 is 1.56 bits per heavy atom. The number of carboxylic acids is 1. The Hall–Kier alpha value is -2.64. The molecular formula is C10H10N4O4. The van der Waals surface area contributed by atoms with E-state index in [-0.39, 0.29) is 17.9 Å². The van der Waals surface area contributed by atoms with Crippen molar-refractivity contribution in [3.05, 3.63) is 35.8 Å². The van der Waals surface area contributed by atoms with Crippen molar-refractivity contribution in [2.24, 2.45) is 7.05 Å². The van der Waals surface area contributed by atoms with Gasteiger partial charge in [-0.1, -0.05) is 0 Å². The molecule has 0 saturated carbocycles. The van der Waals surface area contributed by atoms with Crippen LogP contribution in [0.25, 0.3) is 0 Å². The number of carbonyl (C=O) groups is 2. The molecule has 0 aliphatic rings. The van der Waals surface area contributed by atoms with E-state index in [1.165, 1.54) is 6.33 Å². The number of amides is 1. The van der Waals surface area contributed by atoms with Crippen LogP contribution >= 0.6 is 0 Å². The van der Waals surface area contributed by atoms with Crippen LogP contribution in [0, 0.1) is 0 Å². The average Bonchev–Trinajstić information content (AvgIpc) is 2.94. The molecule has 1 amide bonds. The van der Waals surface area contributed by atoms with Crippen LogP contribution in [0.3, 0.4) is 0 Å². The summed E-state index contributed by atoms with van der Waals surface area (Å²) >= 11 is 0. The zero-order chi connectivity index (χ0) is 13.1. The monoisotopic (exact) mass is 250 g/mol. The number of carbonyl (C=O) groups excluding carboxylic acids is 1. The molecule has 2 rings (SSSR count). The summed E-state index contributed by atoms with van der Waals surface area (Å²) in [4.78, 5) is 22.2. The molecule has 0 fully saturated rings. The lowest BCUT2D eigenvalue weighted by Crippen LogP contribution is -2.24. The van der Waals surface area contributed by atoms with Gasteiger partial charge in [0.1, 0.15) is 12.6 Å². The number of nitrogens with one attached hydrogen (secondary N) is 1. The van der Waals surface area contributed by atoms with Gasteiger partial charge in [-0.05, 0) is 0 Å². The summed E-state index contributed by atoms with van der Waals surface area (Å²) in [5, 5.41) is 18.7. The van der Waals surface area contributed by atoms with Gasteiger partial charge in [0.15, 0.2) is 11.6 Å². The molecule has 2 aromatic heterocycles. The fourth-order valence-electron chi connectivity index (χ4n) is 1.28. The Labute approximate surface area is 101 Å². The molecule has 0 aromatic carbocycles. The second kappa shape index (κ2) is 4.70. The van der Waals surface area contributed by atoms with Crippen LogP contribution in [0.5, 0.6) is 0 Å². The van der Waals surface area contributed by atoms with E-state index in [1.807, 2.05) is 0 Å². The van der Waals surface area contributed by atoms with Crippen LogP contribution < -0.4 is 5.32 Å². The number of rotatable bonds is 4. The zero-order valence-electron chi connectivity index (χ0n) is 9.45. The van der Waals surface area contributed by atoms with Crippen molar-refractivity contribution in [1.82, 2.24) is 20.1 Å². The number of furan rings is 1. The molecule has 0 aliphatic carbocycles. The largest absolute Gasteiger partial charge is 0.478 e.